The van der Waals surface area contributed by atoms with Crippen LogP contribution in [0.25, 0.3) is 17.1 Å². The van der Waals surface area contributed by atoms with E-state index in [1.165, 1.54) is 0 Å². The first kappa shape index (κ1) is 18.2. The third-order valence-electron chi connectivity index (χ3n) is 5.38. The molecule has 2 N–H and O–H groups in total. The molecular formula is C24H21N3O3. The lowest BCUT2D eigenvalue weighted by atomic mass is 9.95. The quantitative estimate of drug-likeness (QED) is 0.526. The van der Waals surface area contributed by atoms with Crippen molar-refractivity contribution in [2.45, 2.75) is 19.3 Å². The number of allylic oxidation sites excluding steroid dienone is 4. The number of fused-ring (bicyclic) bond motifs is 1. The van der Waals surface area contributed by atoms with Crippen LogP contribution in [-0.2, 0) is 12.8 Å². The highest BCUT2D eigenvalue weighted by Crippen LogP contribution is 2.26. The van der Waals surface area contributed by atoms with Crippen LogP contribution in [0.3, 0.4) is 0 Å². The molecule has 0 radical (unpaired) electrons. The van der Waals surface area contributed by atoms with E-state index in [1.54, 1.807) is 35.2 Å². The van der Waals surface area contributed by atoms with Crippen molar-refractivity contribution in [1.82, 2.24) is 14.5 Å². The Labute approximate surface area is 173 Å². The number of hydrogen-bond acceptors (Lipinski definition) is 4. The second-order valence-electron chi connectivity index (χ2n) is 7.52. The molecule has 0 bridgehead atoms. The van der Waals surface area contributed by atoms with Gasteiger partial charge in [0.25, 0.3) is 5.56 Å². The van der Waals surface area contributed by atoms with Crippen molar-refractivity contribution in [3.05, 3.63) is 101 Å². The van der Waals surface area contributed by atoms with Gasteiger partial charge in [-0.1, -0.05) is 24.3 Å². The molecular weight excluding hydrogens is 378 g/mol. The van der Waals surface area contributed by atoms with Gasteiger partial charge in [-0.3, -0.25) is 9.36 Å². The van der Waals surface area contributed by atoms with Crippen molar-refractivity contribution in [3.63, 3.8) is 0 Å². The standard InChI is InChI=1S/C24H21N3O3/c28-18-10-8-17(9-11-18)22-15-27-23(20(25-22)13-16-5-2-1-3-6-16)26-21(24(27)29)14-19-7-4-12-30-19/h1-5,7-12,15-16,25,28H,6,13-14H2. The summed E-state index contributed by atoms with van der Waals surface area (Å²) < 4.78 is 7.03. The van der Waals surface area contributed by atoms with Crippen LogP contribution in [0, 0.1) is 5.92 Å². The number of rotatable bonds is 5. The summed E-state index contributed by atoms with van der Waals surface area (Å²) >= 11 is 0. The summed E-state index contributed by atoms with van der Waals surface area (Å²) in [6.07, 6.45) is 13.9. The number of benzene rings is 1. The third-order valence-corrected chi connectivity index (χ3v) is 5.38. The molecule has 1 aromatic heterocycles. The molecule has 0 fully saturated rings. The van der Waals surface area contributed by atoms with E-state index in [0.29, 0.717) is 29.6 Å². The van der Waals surface area contributed by atoms with Gasteiger partial charge in [0, 0.05) is 6.20 Å². The van der Waals surface area contributed by atoms with Gasteiger partial charge in [0.15, 0.2) is 5.82 Å². The van der Waals surface area contributed by atoms with E-state index in [-0.39, 0.29) is 11.3 Å². The number of phenols is 1. The highest BCUT2D eigenvalue weighted by atomic mass is 16.3. The zero-order valence-electron chi connectivity index (χ0n) is 16.3. The SMILES string of the molecule is O=c1c(Cc2ccco2)nc2c(CC3C=CC=CC3)[nH]c(-c3ccc(O)cc3)cn1-2. The van der Waals surface area contributed by atoms with Crippen LogP contribution in [0.15, 0.2) is 82.4 Å². The van der Waals surface area contributed by atoms with Gasteiger partial charge in [0.2, 0.25) is 0 Å². The van der Waals surface area contributed by atoms with E-state index in [4.69, 9.17) is 4.42 Å². The van der Waals surface area contributed by atoms with Crippen LogP contribution in [0.1, 0.15) is 23.6 Å². The second-order valence-corrected chi connectivity index (χ2v) is 7.52. The van der Waals surface area contributed by atoms with Crippen LogP contribution in [-0.4, -0.2) is 19.6 Å². The van der Waals surface area contributed by atoms with Gasteiger partial charge in [-0.2, -0.15) is 0 Å². The van der Waals surface area contributed by atoms with E-state index in [2.05, 4.69) is 34.3 Å². The Bertz CT molecular complexity index is 1240. The van der Waals surface area contributed by atoms with Crippen molar-refractivity contribution in [2.75, 3.05) is 0 Å². The largest absolute Gasteiger partial charge is 0.508 e. The Kier molecular flexibility index (Phi) is 4.59. The Balaban J connectivity index is 1.62. The molecule has 1 aliphatic carbocycles. The first-order valence-electron chi connectivity index (χ1n) is 9.95. The molecule has 150 valence electrons. The highest BCUT2D eigenvalue weighted by Gasteiger charge is 2.22. The van der Waals surface area contributed by atoms with Crippen molar-refractivity contribution in [2.24, 2.45) is 5.92 Å². The molecule has 0 saturated carbocycles. The summed E-state index contributed by atoms with van der Waals surface area (Å²) in [6, 6.07) is 10.6. The van der Waals surface area contributed by atoms with E-state index >= 15 is 0 Å². The topological polar surface area (TPSA) is 84.1 Å². The van der Waals surface area contributed by atoms with E-state index in [9.17, 15) is 9.90 Å². The number of aromatic hydroxyl groups is 1. The average Bonchev–Trinajstić information content (AvgIpc) is 3.38. The van der Waals surface area contributed by atoms with Gasteiger partial charge < -0.3 is 14.5 Å². The van der Waals surface area contributed by atoms with E-state index < -0.39 is 0 Å². The number of aromatic nitrogens is 3. The summed E-state index contributed by atoms with van der Waals surface area (Å²) in [6.45, 7) is 0. The normalized spacial score (nSPS) is 15.8. The van der Waals surface area contributed by atoms with Crippen molar-refractivity contribution in [1.29, 1.82) is 0 Å². The van der Waals surface area contributed by atoms with Gasteiger partial charge in [-0.25, -0.2) is 4.98 Å². The minimum absolute atomic E-state index is 0.143. The van der Waals surface area contributed by atoms with Crippen LogP contribution >= 0.6 is 0 Å². The summed E-state index contributed by atoms with van der Waals surface area (Å²) in [5, 5.41) is 9.62. The summed E-state index contributed by atoms with van der Waals surface area (Å²) in [7, 11) is 0. The fourth-order valence-electron chi connectivity index (χ4n) is 3.85. The molecule has 0 spiro atoms. The fraction of sp³-hybridized carbons (Fsp3) is 0.167. The maximum absolute atomic E-state index is 13.1. The third kappa shape index (κ3) is 3.48. The minimum atomic E-state index is -0.143. The molecule has 1 aromatic carbocycles. The van der Waals surface area contributed by atoms with Gasteiger partial charge in [0.1, 0.15) is 17.2 Å². The molecule has 1 atom stereocenters. The van der Waals surface area contributed by atoms with Gasteiger partial charge in [0.05, 0.1) is 24.1 Å². The maximum atomic E-state index is 13.1. The van der Waals surface area contributed by atoms with Crippen molar-refractivity contribution < 1.29 is 9.52 Å². The molecule has 3 heterocycles. The maximum Gasteiger partial charge on any atom is 0.278 e. The molecule has 1 unspecified atom stereocenters. The first-order valence-corrected chi connectivity index (χ1v) is 9.95. The predicted molar refractivity (Wildman–Crippen MR) is 114 cm³/mol. The van der Waals surface area contributed by atoms with Crippen LogP contribution in [0.2, 0.25) is 0 Å². The van der Waals surface area contributed by atoms with Crippen molar-refractivity contribution in [3.8, 4) is 22.8 Å². The fourth-order valence-corrected chi connectivity index (χ4v) is 3.85. The smallest absolute Gasteiger partial charge is 0.278 e. The Hall–Kier alpha value is -3.80. The molecule has 30 heavy (non-hydrogen) atoms. The highest BCUT2D eigenvalue weighted by molar-refractivity contribution is 5.61. The van der Waals surface area contributed by atoms with Crippen LogP contribution in [0.4, 0.5) is 0 Å². The van der Waals surface area contributed by atoms with Gasteiger partial charge in [-0.05, 0) is 60.7 Å². The Morgan fingerprint density at radius 3 is 2.80 bits per heavy atom. The number of hydrogen-bond donors (Lipinski definition) is 2. The average molecular weight is 399 g/mol. The summed E-state index contributed by atoms with van der Waals surface area (Å²) in [4.78, 5) is 21.3. The number of H-pyrrole nitrogens is 1. The molecule has 3 aliphatic rings. The van der Waals surface area contributed by atoms with Gasteiger partial charge >= 0.3 is 0 Å². The monoisotopic (exact) mass is 399 g/mol. The van der Waals surface area contributed by atoms with Crippen LogP contribution in [0.5, 0.6) is 5.75 Å². The van der Waals surface area contributed by atoms with Crippen molar-refractivity contribution >= 4 is 0 Å². The molecule has 6 nitrogen and oxygen atoms in total. The summed E-state index contributed by atoms with van der Waals surface area (Å²) in [5.74, 6) is 1.89. The molecule has 0 saturated heterocycles. The summed E-state index contributed by atoms with van der Waals surface area (Å²) in [5.41, 5.74) is 2.91. The molecule has 2 aromatic rings. The minimum Gasteiger partial charge on any atom is -0.508 e. The number of nitrogens with one attached hydrogen (secondary N) is 1. The second kappa shape index (κ2) is 7.55. The lowest BCUT2D eigenvalue weighted by molar-refractivity contribution is 0.475. The van der Waals surface area contributed by atoms with Crippen LogP contribution < -0.4 is 5.56 Å². The van der Waals surface area contributed by atoms with E-state index in [0.717, 1.165) is 29.8 Å². The van der Waals surface area contributed by atoms with Gasteiger partial charge in [-0.15, -0.1) is 0 Å². The molecule has 2 aliphatic heterocycles. The molecule has 6 heteroatoms. The number of furan rings is 1. The zero-order valence-corrected chi connectivity index (χ0v) is 16.3. The Morgan fingerprint density at radius 1 is 1.20 bits per heavy atom. The predicted octanol–water partition coefficient (Wildman–Crippen LogP) is 4.23. The first-order chi connectivity index (χ1) is 14.7. The number of nitrogens with zero attached hydrogens (tertiary/aromatic N) is 2. The molecule has 5 rings (SSSR count). The Morgan fingerprint density at radius 2 is 2.07 bits per heavy atom. The van der Waals surface area contributed by atoms with E-state index in [1.807, 2.05) is 18.2 Å². The number of aromatic amines is 1. The molecule has 0 amide bonds. The number of imidazole rings is 1. The number of phenolic OH excluding ortho intramolecular Hbond substituents is 1. The lowest BCUT2D eigenvalue weighted by Gasteiger charge is -2.17. The lowest BCUT2D eigenvalue weighted by Crippen LogP contribution is -2.18. The zero-order chi connectivity index (χ0) is 20.5.